The number of aliphatic carboxylic acids is 1. The summed E-state index contributed by atoms with van der Waals surface area (Å²) in [5.74, 6) is -2.01. The third-order valence-electron chi connectivity index (χ3n) is 5.32. The number of carboxylic acid groups (broad SMARTS) is 1. The zero-order valence-corrected chi connectivity index (χ0v) is 19.3. The Morgan fingerprint density at radius 3 is 2.23 bits per heavy atom. The van der Waals surface area contributed by atoms with Crippen LogP contribution in [0.5, 0.6) is 0 Å². The topological polar surface area (TPSA) is 142 Å². The molecular formula is C20H36N4O5S. The van der Waals surface area contributed by atoms with Crippen molar-refractivity contribution in [3.8, 4) is 0 Å². The summed E-state index contributed by atoms with van der Waals surface area (Å²) in [5, 5.41) is 14.8. The van der Waals surface area contributed by atoms with E-state index in [4.69, 9.17) is 5.73 Å². The quantitative estimate of drug-likeness (QED) is 0.362. The number of hydrogen-bond acceptors (Lipinski definition) is 6. The van der Waals surface area contributed by atoms with Crippen LogP contribution in [-0.4, -0.2) is 76.4 Å². The van der Waals surface area contributed by atoms with Gasteiger partial charge in [-0.2, -0.15) is 11.8 Å². The molecule has 4 unspecified atom stereocenters. The number of carbonyl (C=O) groups is 4. The standard InChI is InChI=1S/C20H36N4O5S/c1-11(2)15(21)18(26)22-13(8-10-30-5)17(25)23-16(12(3)4)19(27)24-9-6-7-14(24)20(28)29/h11-16H,6-10,21H2,1-5H3,(H,22,26)(H,23,25)(H,28,29). The van der Waals surface area contributed by atoms with E-state index in [2.05, 4.69) is 10.6 Å². The first-order chi connectivity index (χ1) is 14.0. The maximum atomic E-state index is 13.0. The molecule has 30 heavy (non-hydrogen) atoms. The van der Waals surface area contributed by atoms with Crippen molar-refractivity contribution in [2.24, 2.45) is 17.6 Å². The number of thioether (sulfide) groups is 1. The van der Waals surface area contributed by atoms with Crippen LogP contribution in [0.2, 0.25) is 0 Å². The molecule has 10 heteroatoms. The highest BCUT2D eigenvalue weighted by molar-refractivity contribution is 7.98. The molecule has 1 rings (SSSR count). The number of nitrogens with one attached hydrogen (secondary N) is 2. The second-order valence-corrected chi connectivity index (χ2v) is 9.36. The Labute approximate surface area is 182 Å². The van der Waals surface area contributed by atoms with Crippen molar-refractivity contribution >= 4 is 35.5 Å². The number of likely N-dealkylation sites (tertiary alicyclic amines) is 1. The monoisotopic (exact) mass is 444 g/mol. The van der Waals surface area contributed by atoms with Crippen LogP contribution in [0.3, 0.4) is 0 Å². The Morgan fingerprint density at radius 2 is 1.73 bits per heavy atom. The second kappa shape index (κ2) is 12.1. The van der Waals surface area contributed by atoms with Gasteiger partial charge >= 0.3 is 5.97 Å². The average Bonchev–Trinajstić information content (AvgIpc) is 3.17. The summed E-state index contributed by atoms with van der Waals surface area (Å²) >= 11 is 1.54. The molecule has 1 aliphatic heterocycles. The highest BCUT2D eigenvalue weighted by atomic mass is 32.2. The number of amides is 3. The van der Waals surface area contributed by atoms with E-state index in [-0.39, 0.29) is 11.8 Å². The van der Waals surface area contributed by atoms with Gasteiger partial charge < -0.3 is 26.4 Å². The summed E-state index contributed by atoms with van der Waals surface area (Å²) in [6.07, 6.45) is 3.31. The molecule has 1 aliphatic rings. The van der Waals surface area contributed by atoms with Gasteiger partial charge in [-0.05, 0) is 43.1 Å². The van der Waals surface area contributed by atoms with Crippen LogP contribution >= 0.6 is 11.8 Å². The summed E-state index contributed by atoms with van der Waals surface area (Å²) in [4.78, 5) is 51.2. The first-order valence-corrected chi connectivity index (χ1v) is 11.8. The molecule has 1 heterocycles. The number of nitrogens with zero attached hydrogens (tertiary/aromatic N) is 1. The lowest BCUT2D eigenvalue weighted by molar-refractivity contribution is -0.150. The second-order valence-electron chi connectivity index (χ2n) is 8.37. The summed E-state index contributed by atoms with van der Waals surface area (Å²) in [6.45, 7) is 7.58. The van der Waals surface area contributed by atoms with Crippen molar-refractivity contribution in [3.05, 3.63) is 0 Å². The third-order valence-corrected chi connectivity index (χ3v) is 5.96. The smallest absolute Gasteiger partial charge is 0.326 e. The lowest BCUT2D eigenvalue weighted by Crippen LogP contribution is -2.58. The molecule has 172 valence electrons. The van der Waals surface area contributed by atoms with E-state index in [0.717, 1.165) is 0 Å². The molecule has 0 spiro atoms. The molecule has 0 aromatic rings. The minimum absolute atomic E-state index is 0.0811. The van der Waals surface area contributed by atoms with Crippen LogP contribution in [0.4, 0.5) is 0 Å². The minimum atomic E-state index is -1.04. The number of carbonyl (C=O) groups excluding carboxylic acids is 3. The molecule has 5 N–H and O–H groups in total. The van der Waals surface area contributed by atoms with Gasteiger partial charge in [0.05, 0.1) is 6.04 Å². The molecule has 0 radical (unpaired) electrons. The van der Waals surface area contributed by atoms with E-state index < -0.39 is 47.9 Å². The summed E-state index contributed by atoms with van der Waals surface area (Å²) in [6, 6.07) is -3.30. The number of rotatable bonds is 11. The fraction of sp³-hybridized carbons (Fsp3) is 0.800. The Hall–Kier alpha value is -1.81. The molecular weight excluding hydrogens is 408 g/mol. The van der Waals surface area contributed by atoms with Crippen molar-refractivity contribution in [1.29, 1.82) is 0 Å². The summed E-state index contributed by atoms with van der Waals surface area (Å²) in [7, 11) is 0. The van der Waals surface area contributed by atoms with Gasteiger partial charge in [-0.3, -0.25) is 14.4 Å². The van der Waals surface area contributed by atoms with Crippen LogP contribution in [0.25, 0.3) is 0 Å². The van der Waals surface area contributed by atoms with Gasteiger partial charge in [0, 0.05) is 6.54 Å². The fourth-order valence-electron chi connectivity index (χ4n) is 3.31. The molecule has 0 aliphatic carbocycles. The number of hydrogen-bond donors (Lipinski definition) is 4. The highest BCUT2D eigenvalue weighted by Gasteiger charge is 2.39. The molecule has 0 saturated carbocycles. The molecule has 9 nitrogen and oxygen atoms in total. The van der Waals surface area contributed by atoms with Gasteiger partial charge in [0.2, 0.25) is 17.7 Å². The normalized spacial score (nSPS) is 19.5. The number of carboxylic acids is 1. The van der Waals surface area contributed by atoms with Gasteiger partial charge in [0.1, 0.15) is 18.1 Å². The molecule has 3 amide bonds. The van der Waals surface area contributed by atoms with Gasteiger partial charge in [0.15, 0.2) is 0 Å². The molecule has 1 fully saturated rings. The predicted octanol–water partition coefficient (Wildman–Crippen LogP) is 0.424. The maximum absolute atomic E-state index is 13.0. The molecule has 0 bridgehead atoms. The van der Waals surface area contributed by atoms with E-state index in [1.165, 1.54) is 4.90 Å². The van der Waals surface area contributed by atoms with Gasteiger partial charge in [0.25, 0.3) is 0 Å². The van der Waals surface area contributed by atoms with Crippen molar-refractivity contribution in [1.82, 2.24) is 15.5 Å². The van der Waals surface area contributed by atoms with Crippen LogP contribution in [0.15, 0.2) is 0 Å². The Bertz CT molecular complexity index is 628. The molecule has 0 aromatic heterocycles. The van der Waals surface area contributed by atoms with Crippen molar-refractivity contribution in [3.63, 3.8) is 0 Å². The van der Waals surface area contributed by atoms with E-state index in [1.54, 1.807) is 25.6 Å². The van der Waals surface area contributed by atoms with Crippen LogP contribution < -0.4 is 16.4 Å². The lowest BCUT2D eigenvalue weighted by atomic mass is 10.0. The molecule has 1 saturated heterocycles. The Kier molecular flexibility index (Phi) is 10.6. The fourth-order valence-corrected chi connectivity index (χ4v) is 3.78. The van der Waals surface area contributed by atoms with Gasteiger partial charge in [-0.1, -0.05) is 27.7 Å². The van der Waals surface area contributed by atoms with Gasteiger partial charge in [-0.25, -0.2) is 4.79 Å². The van der Waals surface area contributed by atoms with Gasteiger partial charge in [-0.15, -0.1) is 0 Å². The van der Waals surface area contributed by atoms with Crippen molar-refractivity contribution in [2.75, 3.05) is 18.6 Å². The summed E-state index contributed by atoms with van der Waals surface area (Å²) in [5.41, 5.74) is 5.90. The Balaban J connectivity index is 2.94. The Morgan fingerprint density at radius 1 is 1.10 bits per heavy atom. The minimum Gasteiger partial charge on any atom is -0.480 e. The molecule has 0 aromatic carbocycles. The van der Waals surface area contributed by atoms with E-state index in [9.17, 15) is 24.3 Å². The van der Waals surface area contributed by atoms with E-state index in [1.807, 2.05) is 20.1 Å². The first-order valence-electron chi connectivity index (χ1n) is 10.4. The predicted molar refractivity (Wildman–Crippen MR) is 117 cm³/mol. The van der Waals surface area contributed by atoms with Crippen molar-refractivity contribution in [2.45, 2.75) is 71.1 Å². The van der Waals surface area contributed by atoms with E-state index >= 15 is 0 Å². The maximum Gasteiger partial charge on any atom is 0.326 e. The van der Waals surface area contributed by atoms with Crippen LogP contribution in [0, 0.1) is 11.8 Å². The largest absolute Gasteiger partial charge is 0.480 e. The zero-order valence-electron chi connectivity index (χ0n) is 18.5. The highest BCUT2D eigenvalue weighted by Crippen LogP contribution is 2.20. The zero-order chi connectivity index (χ0) is 23.0. The lowest BCUT2D eigenvalue weighted by Gasteiger charge is -2.31. The summed E-state index contributed by atoms with van der Waals surface area (Å²) < 4.78 is 0. The van der Waals surface area contributed by atoms with Crippen molar-refractivity contribution < 1.29 is 24.3 Å². The van der Waals surface area contributed by atoms with Crippen LogP contribution in [-0.2, 0) is 19.2 Å². The number of nitrogens with two attached hydrogens (primary N) is 1. The first kappa shape index (κ1) is 26.2. The SMILES string of the molecule is CSCCC(NC(=O)C(N)C(C)C)C(=O)NC(C(=O)N1CCCC1C(=O)O)C(C)C. The average molecular weight is 445 g/mol. The van der Waals surface area contributed by atoms with E-state index in [0.29, 0.717) is 31.6 Å². The van der Waals surface area contributed by atoms with Crippen LogP contribution in [0.1, 0.15) is 47.0 Å². The molecule has 4 atom stereocenters. The third kappa shape index (κ3) is 7.16.